The van der Waals surface area contributed by atoms with Crippen molar-refractivity contribution in [1.82, 2.24) is 19.1 Å². The summed E-state index contributed by atoms with van der Waals surface area (Å²) < 4.78 is 50.6. The number of nitrogens with one attached hydrogen (secondary N) is 2. The summed E-state index contributed by atoms with van der Waals surface area (Å²) in [5.74, 6) is -0.553. The van der Waals surface area contributed by atoms with Gasteiger partial charge < -0.3 is 15.1 Å². The van der Waals surface area contributed by atoms with Crippen LogP contribution in [0.25, 0.3) is 5.69 Å². The Kier molecular flexibility index (Phi) is 5.30. The van der Waals surface area contributed by atoms with E-state index in [0.29, 0.717) is 17.1 Å². The van der Waals surface area contributed by atoms with Gasteiger partial charge in [0.2, 0.25) is 0 Å². The number of aromatic nitrogens is 4. The summed E-state index contributed by atoms with van der Waals surface area (Å²) in [5, 5.41) is 9.37. The highest BCUT2D eigenvalue weighted by Gasteiger charge is 2.47. The van der Waals surface area contributed by atoms with Crippen LogP contribution >= 0.6 is 0 Å². The van der Waals surface area contributed by atoms with E-state index >= 15 is 0 Å². The molecule has 0 saturated carbocycles. The van der Waals surface area contributed by atoms with Crippen LogP contribution in [0.4, 0.5) is 24.7 Å². The van der Waals surface area contributed by atoms with E-state index in [9.17, 15) is 22.8 Å². The summed E-state index contributed by atoms with van der Waals surface area (Å²) in [5.41, 5.74) is 0.502. The van der Waals surface area contributed by atoms with Crippen molar-refractivity contribution in [3.05, 3.63) is 82.3 Å². The number of carbonyl (C=O) groups is 1. The first-order chi connectivity index (χ1) is 16.7. The zero-order valence-corrected chi connectivity index (χ0v) is 18.7. The predicted molar refractivity (Wildman–Crippen MR) is 121 cm³/mol. The van der Waals surface area contributed by atoms with E-state index in [-0.39, 0.29) is 23.5 Å². The molecule has 2 N–H and O–H groups in total. The second-order valence-corrected chi connectivity index (χ2v) is 8.25. The van der Waals surface area contributed by atoms with Gasteiger partial charge in [-0.3, -0.25) is 14.3 Å². The Balaban J connectivity index is 1.51. The maximum absolute atomic E-state index is 13.8. The van der Waals surface area contributed by atoms with E-state index in [1.165, 1.54) is 10.9 Å². The molecule has 4 heterocycles. The third kappa shape index (κ3) is 3.80. The van der Waals surface area contributed by atoms with Gasteiger partial charge >= 0.3 is 6.18 Å². The van der Waals surface area contributed by atoms with Crippen LogP contribution in [0.1, 0.15) is 40.3 Å². The fourth-order valence-electron chi connectivity index (χ4n) is 4.30. The summed E-state index contributed by atoms with van der Waals surface area (Å²) in [6.45, 7) is 1.66. The number of fused-ring (bicyclic) bond motifs is 1. The van der Waals surface area contributed by atoms with Gasteiger partial charge in [0.25, 0.3) is 11.5 Å². The molecule has 1 amide bonds. The highest BCUT2D eigenvalue weighted by molar-refractivity contribution is 6.07. The van der Waals surface area contributed by atoms with Crippen molar-refractivity contribution < 1.29 is 22.4 Å². The molecule has 0 fully saturated rings. The van der Waals surface area contributed by atoms with E-state index in [4.69, 9.17) is 4.42 Å². The Morgan fingerprint density at radius 3 is 2.60 bits per heavy atom. The molecule has 0 unspecified atom stereocenters. The van der Waals surface area contributed by atoms with Gasteiger partial charge in [0.05, 0.1) is 29.9 Å². The molecule has 0 bridgehead atoms. The van der Waals surface area contributed by atoms with Crippen LogP contribution in [-0.4, -0.2) is 31.2 Å². The lowest BCUT2D eigenvalue weighted by atomic mass is 10.0. The number of benzene rings is 1. The topological polar surface area (TPSA) is 99.0 Å². The molecule has 1 aromatic carbocycles. The van der Waals surface area contributed by atoms with Gasteiger partial charge in [-0.25, -0.2) is 9.36 Å². The Bertz CT molecular complexity index is 1430. The summed E-state index contributed by atoms with van der Waals surface area (Å²) in [6.07, 6.45) is -2.52. The first kappa shape index (κ1) is 22.6. The molecule has 3 aromatic heterocycles. The second-order valence-electron chi connectivity index (χ2n) is 8.25. The molecule has 1 aliphatic rings. The van der Waals surface area contributed by atoms with Crippen LogP contribution in [0.15, 0.2) is 64.1 Å². The molecular formula is C23H21F3N6O3. The summed E-state index contributed by atoms with van der Waals surface area (Å²) in [4.78, 5) is 26.3. The zero-order chi connectivity index (χ0) is 24.9. The van der Waals surface area contributed by atoms with E-state index in [0.717, 1.165) is 10.9 Å². The maximum Gasteiger partial charge on any atom is 0.410 e. The third-order valence-electron chi connectivity index (χ3n) is 6.16. The summed E-state index contributed by atoms with van der Waals surface area (Å²) >= 11 is 0. The Morgan fingerprint density at radius 1 is 1.20 bits per heavy atom. The number of para-hydroxylation sites is 1. The van der Waals surface area contributed by atoms with Crippen LogP contribution in [0.5, 0.6) is 0 Å². The fraction of sp³-hybridized carbons (Fsp3) is 0.261. The molecule has 182 valence electrons. The molecular weight excluding hydrogens is 465 g/mol. The van der Waals surface area contributed by atoms with E-state index in [2.05, 4.69) is 15.7 Å². The number of rotatable bonds is 4. The molecule has 1 aliphatic heterocycles. The number of amides is 1. The smallest absolute Gasteiger partial charge is 0.410 e. The molecule has 0 saturated heterocycles. The highest BCUT2D eigenvalue weighted by atomic mass is 19.4. The van der Waals surface area contributed by atoms with Gasteiger partial charge in [0.15, 0.2) is 6.04 Å². The van der Waals surface area contributed by atoms with E-state index in [1.54, 1.807) is 55.1 Å². The summed E-state index contributed by atoms with van der Waals surface area (Å²) in [6, 6.07) is 9.23. The van der Waals surface area contributed by atoms with Gasteiger partial charge in [-0.2, -0.15) is 18.3 Å². The molecule has 0 radical (unpaired) electrons. The normalized spacial score (nSPS) is 17.6. The van der Waals surface area contributed by atoms with Gasteiger partial charge in [-0.15, -0.1) is 0 Å². The van der Waals surface area contributed by atoms with Gasteiger partial charge in [-0.1, -0.05) is 18.2 Å². The SMILES string of the molecule is Cc1c(NC(=O)c2cnn3c2N[C@H](c2ccco2)C[C@H]3C(F)(F)F)c(=O)n(-c2ccccc2)n1C. The number of carbonyl (C=O) groups excluding carboxylic acids is 1. The molecule has 12 heteroatoms. The minimum Gasteiger partial charge on any atom is -0.467 e. The highest BCUT2D eigenvalue weighted by Crippen LogP contribution is 2.44. The fourth-order valence-corrected chi connectivity index (χ4v) is 4.30. The Hall–Kier alpha value is -4.22. The molecule has 0 aliphatic carbocycles. The lowest BCUT2D eigenvalue weighted by molar-refractivity contribution is -0.174. The molecule has 0 spiro atoms. The van der Waals surface area contributed by atoms with Crippen molar-refractivity contribution in [3.63, 3.8) is 0 Å². The van der Waals surface area contributed by atoms with E-state index in [1.807, 2.05) is 6.07 Å². The van der Waals surface area contributed by atoms with Crippen molar-refractivity contribution in [1.29, 1.82) is 0 Å². The number of hydrogen-bond donors (Lipinski definition) is 2. The van der Waals surface area contributed by atoms with Crippen LogP contribution in [-0.2, 0) is 7.05 Å². The van der Waals surface area contributed by atoms with Crippen LogP contribution in [0.3, 0.4) is 0 Å². The lowest BCUT2D eigenvalue weighted by Gasteiger charge is -2.32. The van der Waals surface area contributed by atoms with Crippen LogP contribution in [0.2, 0.25) is 0 Å². The van der Waals surface area contributed by atoms with Crippen LogP contribution in [0, 0.1) is 6.92 Å². The average Bonchev–Trinajstić information content (AvgIpc) is 3.55. The number of alkyl halides is 3. The lowest BCUT2D eigenvalue weighted by Crippen LogP contribution is -2.36. The minimum atomic E-state index is -4.60. The standard InChI is InChI=1S/C23H21F3N6O3/c1-13-19(22(34)32(30(13)2)14-7-4-3-5-8-14)29-21(33)15-12-27-31-18(23(24,25)26)11-16(28-20(15)31)17-9-6-10-35-17/h3-10,12,16,18,28H,11H2,1-2H3,(H,29,33)/t16-,18-/m0/s1. The van der Waals surface area contributed by atoms with Gasteiger partial charge in [0.1, 0.15) is 22.8 Å². The van der Waals surface area contributed by atoms with Crippen molar-refractivity contribution in [2.24, 2.45) is 7.05 Å². The van der Waals surface area contributed by atoms with Crippen molar-refractivity contribution in [3.8, 4) is 5.69 Å². The third-order valence-corrected chi connectivity index (χ3v) is 6.16. The molecule has 5 rings (SSSR count). The zero-order valence-electron chi connectivity index (χ0n) is 18.7. The summed E-state index contributed by atoms with van der Waals surface area (Å²) in [7, 11) is 1.67. The largest absolute Gasteiger partial charge is 0.467 e. The molecule has 2 atom stereocenters. The average molecular weight is 486 g/mol. The van der Waals surface area contributed by atoms with Crippen molar-refractivity contribution in [2.75, 3.05) is 10.6 Å². The Morgan fingerprint density at radius 2 is 1.94 bits per heavy atom. The second kappa shape index (κ2) is 8.22. The maximum atomic E-state index is 13.8. The first-order valence-electron chi connectivity index (χ1n) is 10.8. The number of nitrogens with zero attached hydrogens (tertiary/aromatic N) is 4. The molecule has 9 nitrogen and oxygen atoms in total. The number of furan rings is 1. The Labute approximate surface area is 196 Å². The predicted octanol–water partition coefficient (Wildman–Crippen LogP) is 4.19. The quantitative estimate of drug-likeness (QED) is 0.451. The van der Waals surface area contributed by atoms with Crippen LogP contribution < -0.4 is 16.2 Å². The van der Waals surface area contributed by atoms with E-state index < -0.39 is 29.7 Å². The monoisotopic (exact) mass is 486 g/mol. The first-order valence-corrected chi connectivity index (χ1v) is 10.8. The number of hydrogen-bond acceptors (Lipinski definition) is 5. The van der Waals surface area contributed by atoms with Crippen molar-refractivity contribution >= 4 is 17.4 Å². The number of anilines is 2. The van der Waals surface area contributed by atoms with Gasteiger partial charge in [0, 0.05) is 13.5 Å². The molecule has 4 aromatic rings. The molecule has 35 heavy (non-hydrogen) atoms. The number of halogens is 3. The van der Waals surface area contributed by atoms with Gasteiger partial charge in [-0.05, 0) is 31.2 Å². The van der Waals surface area contributed by atoms with Crippen molar-refractivity contribution in [2.45, 2.75) is 31.6 Å². The minimum absolute atomic E-state index is 0.0204.